The van der Waals surface area contributed by atoms with E-state index in [1.165, 1.54) is 0 Å². The van der Waals surface area contributed by atoms with Gasteiger partial charge in [0.05, 0.1) is 18.2 Å². The lowest BCUT2D eigenvalue weighted by Gasteiger charge is -2.09. The quantitative estimate of drug-likeness (QED) is 0.727. The monoisotopic (exact) mass is 257 g/mol. The number of methoxy groups -OCH3 is 1. The Bertz CT molecular complexity index is 331. The maximum atomic E-state index is 6.02. The van der Waals surface area contributed by atoms with E-state index in [0.717, 1.165) is 37.4 Å². The van der Waals surface area contributed by atoms with Crippen LogP contribution < -0.4 is 10.1 Å². The number of aryl methyl sites for hydroxylation is 1. The van der Waals surface area contributed by atoms with Crippen molar-refractivity contribution in [2.45, 2.75) is 13.3 Å². The molecule has 0 amide bonds. The van der Waals surface area contributed by atoms with Gasteiger partial charge in [-0.05, 0) is 37.6 Å². The zero-order chi connectivity index (χ0) is 12.5. The third-order valence-electron chi connectivity index (χ3n) is 2.33. The highest BCUT2D eigenvalue weighted by molar-refractivity contribution is 6.32. The van der Waals surface area contributed by atoms with E-state index < -0.39 is 0 Å². The number of benzene rings is 1. The zero-order valence-electron chi connectivity index (χ0n) is 10.5. The summed E-state index contributed by atoms with van der Waals surface area (Å²) in [5.74, 6) is 0.767. The second kappa shape index (κ2) is 8.34. The van der Waals surface area contributed by atoms with Gasteiger partial charge in [0.2, 0.25) is 0 Å². The van der Waals surface area contributed by atoms with Crippen molar-refractivity contribution >= 4 is 11.6 Å². The first-order valence-corrected chi connectivity index (χ1v) is 6.20. The highest BCUT2D eigenvalue weighted by atomic mass is 35.5. The van der Waals surface area contributed by atoms with Crippen molar-refractivity contribution in [1.29, 1.82) is 0 Å². The normalized spacial score (nSPS) is 10.5. The molecule has 3 nitrogen and oxygen atoms in total. The van der Waals surface area contributed by atoms with E-state index in [1.807, 2.05) is 25.1 Å². The Labute approximate surface area is 108 Å². The average molecular weight is 258 g/mol. The second-order valence-electron chi connectivity index (χ2n) is 3.88. The van der Waals surface area contributed by atoms with E-state index >= 15 is 0 Å². The first-order chi connectivity index (χ1) is 8.24. The third kappa shape index (κ3) is 5.91. The molecule has 1 aromatic carbocycles. The molecule has 0 heterocycles. The molecule has 1 rings (SSSR count). The first-order valence-electron chi connectivity index (χ1n) is 5.82. The van der Waals surface area contributed by atoms with Gasteiger partial charge >= 0.3 is 0 Å². The van der Waals surface area contributed by atoms with Crippen molar-refractivity contribution in [3.05, 3.63) is 28.8 Å². The van der Waals surface area contributed by atoms with E-state index in [0.29, 0.717) is 11.6 Å². The van der Waals surface area contributed by atoms with Gasteiger partial charge in [0, 0.05) is 13.7 Å². The van der Waals surface area contributed by atoms with Crippen LogP contribution in [0.15, 0.2) is 18.2 Å². The van der Waals surface area contributed by atoms with E-state index in [4.69, 9.17) is 21.1 Å². The van der Waals surface area contributed by atoms with Gasteiger partial charge in [-0.15, -0.1) is 0 Å². The smallest absolute Gasteiger partial charge is 0.138 e. The number of halogens is 1. The maximum Gasteiger partial charge on any atom is 0.138 e. The van der Waals surface area contributed by atoms with Crippen LogP contribution in [0.3, 0.4) is 0 Å². The van der Waals surface area contributed by atoms with Gasteiger partial charge in [-0.2, -0.15) is 0 Å². The fourth-order valence-corrected chi connectivity index (χ4v) is 1.57. The van der Waals surface area contributed by atoms with Gasteiger partial charge in [-0.1, -0.05) is 17.7 Å². The van der Waals surface area contributed by atoms with Crippen LogP contribution in [-0.4, -0.2) is 33.4 Å². The van der Waals surface area contributed by atoms with Crippen molar-refractivity contribution in [3.63, 3.8) is 0 Å². The summed E-state index contributed by atoms with van der Waals surface area (Å²) in [6.07, 6.45) is 0.952. The highest BCUT2D eigenvalue weighted by Gasteiger charge is 2.00. The van der Waals surface area contributed by atoms with Crippen LogP contribution in [0.1, 0.15) is 12.0 Å². The standard InChI is InChI=1S/C13H20ClNO2/c1-11-4-5-12(14)13(10-11)17-8-3-6-15-7-9-16-2/h4-5,10,15H,3,6-9H2,1-2H3. The molecule has 0 aliphatic rings. The number of ether oxygens (including phenoxy) is 2. The molecule has 0 fully saturated rings. The Morgan fingerprint density at radius 1 is 1.24 bits per heavy atom. The molecule has 0 bridgehead atoms. The SMILES string of the molecule is COCCNCCCOc1cc(C)ccc1Cl. The Balaban J connectivity index is 2.15. The summed E-state index contributed by atoms with van der Waals surface area (Å²) in [6, 6.07) is 5.80. The van der Waals surface area contributed by atoms with Crippen molar-refractivity contribution in [3.8, 4) is 5.75 Å². The summed E-state index contributed by atoms with van der Waals surface area (Å²) >= 11 is 6.02. The van der Waals surface area contributed by atoms with Gasteiger partial charge < -0.3 is 14.8 Å². The molecule has 0 saturated heterocycles. The van der Waals surface area contributed by atoms with Crippen LogP contribution in [0, 0.1) is 6.92 Å². The second-order valence-corrected chi connectivity index (χ2v) is 4.29. The highest BCUT2D eigenvalue weighted by Crippen LogP contribution is 2.25. The molecule has 96 valence electrons. The maximum absolute atomic E-state index is 6.02. The number of hydrogen-bond acceptors (Lipinski definition) is 3. The first kappa shape index (κ1) is 14.3. The van der Waals surface area contributed by atoms with Gasteiger partial charge in [0.15, 0.2) is 0 Å². The number of hydrogen-bond donors (Lipinski definition) is 1. The van der Waals surface area contributed by atoms with Crippen molar-refractivity contribution < 1.29 is 9.47 Å². The lowest BCUT2D eigenvalue weighted by molar-refractivity contribution is 0.198. The number of rotatable bonds is 8. The predicted molar refractivity (Wildman–Crippen MR) is 71.0 cm³/mol. The third-order valence-corrected chi connectivity index (χ3v) is 2.64. The molecular weight excluding hydrogens is 238 g/mol. The van der Waals surface area contributed by atoms with Gasteiger partial charge in [0.25, 0.3) is 0 Å². The largest absolute Gasteiger partial charge is 0.492 e. The minimum absolute atomic E-state index is 0.669. The van der Waals surface area contributed by atoms with E-state index in [-0.39, 0.29) is 0 Å². The molecule has 4 heteroatoms. The molecule has 17 heavy (non-hydrogen) atoms. The fraction of sp³-hybridized carbons (Fsp3) is 0.538. The van der Waals surface area contributed by atoms with Gasteiger partial charge in [0.1, 0.15) is 5.75 Å². The van der Waals surface area contributed by atoms with E-state index in [9.17, 15) is 0 Å². The van der Waals surface area contributed by atoms with Crippen molar-refractivity contribution in [1.82, 2.24) is 5.32 Å². The summed E-state index contributed by atoms with van der Waals surface area (Å²) in [5.41, 5.74) is 1.16. The summed E-state index contributed by atoms with van der Waals surface area (Å²) in [7, 11) is 1.70. The molecule has 0 aromatic heterocycles. The average Bonchev–Trinajstić information content (AvgIpc) is 2.32. The molecular formula is C13H20ClNO2. The van der Waals surface area contributed by atoms with Crippen LogP contribution in [-0.2, 0) is 4.74 Å². The van der Waals surface area contributed by atoms with Crippen LogP contribution in [0.5, 0.6) is 5.75 Å². The fourth-order valence-electron chi connectivity index (χ4n) is 1.40. The lowest BCUT2D eigenvalue weighted by Crippen LogP contribution is -2.21. The Morgan fingerprint density at radius 3 is 2.82 bits per heavy atom. The molecule has 1 N–H and O–H groups in total. The van der Waals surface area contributed by atoms with Crippen LogP contribution in [0.2, 0.25) is 5.02 Å². The summed E-state index contributed by atoms with van der Waals surface area (Å²) < 4.78 is 10.6. The molecule has 0 aliphatic carbocycles. The molecule has 0 atom stereocenters. The molecule has 0 aliphatic heterocycles. The lowest BCUT2D eigenvalue weighted by atomic mass is 10.2. The van der Waals surface area contributed by atoms with Crippen LogP contribution in [0.4, 0.5) is 0 Å². The van der Waals surface area contributed by atoms with E-state index in [1.54, 1.807) is 7.11 Å². The molecule has 1 aromatic rings. The van der Waals surface area contributed by atoms with Crippen molar-refractivity contribution in [2.24, 2.45) is 0 Å². The summed E-state index contributed by atoms with van der Waals surface area (Å²) in [6.45, 7) is 5.23. The molecule has 0 radical (unpaired) electrons. The zero-order valence-corrected chi connectivity index (χ0v) is 11.2. The molecule has 0 spiro atoms. The Hall–Kier alpha value is -0.770. The van der Waals surface area contributed by atoms with Gasteiger partial charge in [-0.3, -0.25) is 0 Å². The Kier molecular flexibility index (Phi) is 7.01. The minimum Gasteiger partial charge on any atom is -0.492 e. The van der Waals surface area contributed by atoms with Crippen LogP contribution >= 0.6 is 11.6 Å². The summed E-state index contributed by atoms with van der Waals surface area (Å²) in [5, 5.41) is 3.93. The van der Waals surface area contributed by atoms with Gasteiger partial charge in [-0.25, -0.2) is 0 Å². The minimum atomic E-state index is 0.669. The molecule has 0 saturated carbocycles. The predicted octanol–water partition coefficient (Wildman–Crippen LogP) is 2.65. The molecule has 0 unspecified atom stereocenters. The topological polar surface area (TPSA) is 30.5 Å². The summed E-state index contributed by atoms with van der Waals surface area (Å²) in [4.78, 5) is 0. The van der Waals surface area contributed by atoms with Crippen molar-refractivity contribution in [2.75, 3.05) is 33.4 Å². The van der Waals surface area contributed by atoms with E-state index in [2.05, 4.69) is 5.32 Å². The Morgan fingerprint density at radius 2 is 2.06 bits per heavy atom. The number of nitrogens with one attached hydrogen (secondary N) is 1. The van der Waals surface area contributed by atoms with Crippen LogP contribution in [0.25, 0.3) is 0 Å².